The van der Waals surface area contributed by atoms with Gasteiger partial charge in [0, 0.05) is 41.6 Å². The number of aromatic nitrogens is 1. The Labute approximate surface area is 175 Å². The molecule has 3 amide bonds. The summed E-state index contributed by atoms with van der Waals surface area (Å²) in [5.41, 5.74) is 2.86. The molecule has 3 N–H and O–H groups in total. The molecule has 0 unspecified atom stereocenters. The lowest BCUT2D eigenvalue weighted by molar-refractivity contribution is -0.0236. The Kier molecular flexibility index (Phi) is 5.46. The van der Waals surface area contributed by atoms with Crippen LogP contribution in [0.3, 0.4) is 0 Å². The lowest BCUT2D eigenvalue weighted by Gasteiger charge is -2.57. The number of nitrogens with zero attached hydrogens (tertiary/aromatic N) is 1. The number of nitrogens with one attached hydrogen (secondary N) is 3. The molecule has 2 fully saturated rings. The van der Waals surface area contributed by atoms with Crippen molar-refractivity contribution in [2.24, 2.45) is 5.41 Å². The van der Waals surface area contributed by atoms with Gasteiger partial charge >= 0.3 is 6.03 Å². The summed E-state index contributed by atoms with van der Waals surface area (Å²) < 4.78 is 0. The summed E-state index contributed by atoms with van der Waals surface area (Å²) in [6.07, 6.45) is 7.26. The zero-order valence-electron chi connectivity index (χ0n) is 16.4. The van der Waals surface area contributed by atoms with E-state index in [1.165, 1.54) is 0 Å². The number of rotatable bonds is 5. The van der Waals surface area contributed by atoms with Crippen LogP contribution < -0.4 is 16.0 Å². The molecule has 1 aromatic carbocycles. The summed E-state index contributed by atoms with van der Waals surface area (Å²) in [4.78, 5) is 28.5. The molecule has 1 aromatic heterocycles. The molecule has 7 heteroatoms. The molecular formula is C22H25ClN4O2. The molecule has 2 aliphatic rings. The number of hydrogen-bond acceptors (Lipinski definition) is 3. The predicted molar refractivity (Wildman–Crippen MR) is 112 cm³/mol. The number of halogens is 1. The third-order valence-electron chi connectivity index (χ3n) is 6.02. The smallest absolute Gasteiger partial charge is 0.315 e. The summed E-state index contributed by atoms with van der Waals surface area (Å²) in [5, 5.41) is 9.73. The number of urea groups is 1. The van der Waals surface area contributed by atoms with Gasteiger partial charge in [0.1, 0.15) is 0 Å². The van der Waals surface area contributed by atoms with Gasteiger partial charge in [-0.05, 0) is 67.3 Å². The van der Waals surface area contributed by atoms with Crippen LogP contribution in [0.5, 0.6) is 0 Å². The largest absolute Gasteiger partial charge is 0.349 e. The van der Waals surface area contributed by atoms with Gasteiger partial charge in [-0.25, -0.2) is 4.79 Å². The lowest BCUT2D eigenvalue weighted by atomic mass is 9.52. The predicted octanol–water partition coefficient (Wildman–Crippen LogP) is 3.58. The van der Waals surface area contributed by atoms with E-state index in [9.17, 15) is 9.59 Å². The SMILES string of the molecule is Cc1cnccc1C(=O)NC1CC2(CC(NC(=O)NCc3ccc(Cl)cc3)C2)C1. The van der Waals surface area contributed by atoms with Crippen LogP contribution in [0, 0.1) is 12.3 Å². The fraction of sp³-hybridized carbons (Fsp3) is 0.409. The molecule has 0 bridgehead atoms. The van der Waals surface area contributed by atoms with Crippen molar-refractivity contribution >= 4 is 23.5 Å². The third-order valence-corrected chi connectivity index (χ3v) is 6.27. The number of pyridine rings is 1. The van der Waals surface area contributed by atoms with Gasteiger partial charge in [0.15, 0.2) is 0 Å². The van der Waals surface area contributed by atoms with E-state index in [0.717, 1.165) is 36.8 Å². The molecule has 0 saturated heterocycles. The van der Waals surface area contributed by atoms with Gasteiger partial charge < -0.3 is 16.0 Å². The van der Waals surface area contributed by atoms with Crippen molar-refractivity contribution in [2.45, 2.75) is 51.2 Å². The highest BCUT2D eigenvalue weighted by molar-refractivity contribution is 6.30. The van der Waals surface area contributed by atoms with Crippen molar-refractivity contribution in [1.82, 2.24) is 20.9 Å². The summed E-state index contributed by atoms with van der Waals surface area (Å²) in [6, 6.07) is 9.47. The van der Waals surface area contributed by atoms with Crippen LogP contribution in [0.1, 0.15) is 47.2 Å². The number of aryl methyl sites for hydroxylation is 1. The molecule has 2 aromatic rings. The summed E-state index contributed by atoms with van der Waals surface area (Å²) in [6.45, 7) is 2.37. The number of benzene rings is 1. The molecule has 1 spiro atoms. The van der Waals surface area contributed by atoms with Crippen molar-refractivity contribution in [3.8, 4) is 0 Å². The van der Waals surface area contributed by atoms with Gasteiger partial charge in [0.2, 0.25) is 0 Å². The molecular weight excluding hydrogens is 388 g/mol. The zero-order valence-corrected chi connectivity index (χ0v) is 17.1. The number of carbonyl (C=O) groups excluding carboxylic acids is 2. The first-order chi connectivity index (χ1) is 13.9. The Balaban J connectivity index is 1.15. The van der Waals surface area contributed by atoms with Crippen LogP contribution in [0.2, 0.25) is 5.02 Å². The normalized spacial score (nSPS) is 24.9. The minimum absolute atomic E-state index is 0.0275. The number of carbonyl (C=O) groups is 2. The highest BCUT2D eigenvalue weighted by Crippen LogP contribution is 2.55. The van der Waals surface area contributed by atoms with Crippen LogP contribution in [-0.2, 0) is 6.54 Å². The second-order valence-corrected chi connectivity index (χ2v) is 8.76. The van der Waals surface area contributed by atoms with Gasteiger partial charge in [0.05, 0.1) is 0 Å². The van der Waals surface area contributed by atoms with E-state index in [4.69, 9.17) is 11.6 Å². The molecule has 6 nitrogen and oxygen atoms in total. The average Bonchev–Trinajstić information content (AvgIpc) is 2.64. The molecule has 2 aliphatic carbocycles. The van der Waals surface area contributed by atoms with Gasteiger partial charge in [-0.1, -0.05) is 23.7 Å². The monoisotopic (exact) mass is 412 g/mol. The highest BCUT2D eigenvalue weighted by Gasteiger charge is 2.53. The van der Waals surface area contributed by atoms with Crippen LogP contribution in [-0.4, -0.2) is 29.0 Å². The van der Waals surface area contributed by atoms with Crippen molar-refractivity contribution in [3.05, 3.63) is 64.4 Å². The maximum Gasteiger partial charge on any atom is 0.315 e. The highest BCUT2D eigenvalue weighted by atomic mass is 35.5. The minimum Gasteiger partial charge on any atom is -0.349 e. The second-order valence-electron chi connectivity index (χ2n) is 8.33. The van der Waals surface area contributed by atoms with Crippen molar-refractivity contribution < 1.29 is 9.59 Å². The minimum atomic E-state index is -0.142. The topological polar surface area (TPSA) is 83.1 Å². The van der Waals surface area contributed by atoms with Gasteiger partial charge in [-0.15, -0.1) is 0 Å². The Bertz CT molecular complexity index is 901. The van der Waals surface area contributed by atoms with E-state index in [-0.39, 0.29) is 29.4 Å². The van der Waals surface area contributed by atoms with Crippen molar-refractivity contribution in [2.75, 3.05) is 0 Å². The first kappa shape index (κ1) is 19.7. The zero-order chi connectivity index (χ0) is 20.4. The number of amides is 3. The van der Waals surface area contributed by atoms with Crippen molar-refractivity contribution in [1.29, 1.82) is 0 Å². The van der Waals surface area contributed by atoms with Gasteiger partial charge in [-0.2, -0.15) is 0 Å². The molecule has 0 radical (unpaired) electrons. The summed E-state index contributed by atoms with van der Waals surface area (Å²) >= 11 is 5.87. The fourth-order valence-corrected chi connectivity index (χ4v) is 4.65. The van der Waals surface area contributed by atoms with E-state index in [2.05, 4.69) is 20.9 Å². The molecule has 29 heavy (non-hydrogen) atoms. The van der Waals surface area contributed by atoms with Crippen molar-refractivity contribution in [3.63, 3.8) is 0 Å². The molecule has 0 aliphatic heterocycles. The van der Waals surface area contributed by atoms with Crippen LogP contribution in [0.25, 0.3) is 0 Å². The van der Waals surface area contributed by atoms with E-state index < -0.39 is 0 Å². The number of hydrogen-bond donors (Lipinski definition) is 3. The van der Waals surface area contributed by atoms with Crippen LogP contribution >= 0.6 is 11.6 Å². The fourth-order valence-electron chi connectivity index (χ4n) is 4.52. The van der Waals surface area contributed by atoms with E-state index in [0.29, 0.717) is 17.1 Å². The Morgan fingerprint density at radius 1 is 1.07 bits per heavy atom. The molecule has 0 atom stereocenters. The van der Waals surface area contributed by atoms with E-state index in [1.807, 2.05) is 31.2 Å². The third kappa shape index (κ3) is 4.53. The van der Waals surface area contributed by atoms with Gasteiger partial charge in [0.25, 0.3) is 5.91 Å². The lowest BCUT2D eigenvalue weighted by Crippen LogP contribution is -2.61. The van der Waals surface area contributed by atoms with E-state index in [1.54, 1.807) is 18.5 Å². The van der Waals surface area contributed by atoms with Crippen LogP contribution in [0.4, 0.5) is 4.79 Å². The standard InChI is InChI=1S/C22H25ClN4O2/c1-14-12-24-7-6-19(14)20(28)26-17-8-22(9-17)10-18(11-22)27-21(29)25-13-15-2-4-16(23)5-3-15/h2-7,12,17-18H,8-11,13H2,1H3,(H,26,28)(H2,25,27,29). The Morgan fingerprint density at radius 3 is 2.38 bits per heavy atom. The average molecular weight is 413 g/mol. The van der Waals surface area contributed by atoms with Crippen LogP contribution in [0.15, 0.2) is 42.7 Å². The molecule has 152 valence electrons. The molecule has 4 rings (SSSR count). The second kappa shape index (κ2) is 8.03. The van der Waals surface area contributed by atoms with E-state index >= 15 is 0 Å². The summed E-state index contributed by atoms with van der Waals surface area (Å²) in [7, 11) is 0. The maximum atomic E-state index is 12.4. The van der Waals surface area contributed by atoms with Gasteiger partial charge in [-0.3, -0.25) is 9.78 Å². The Morgan fingerprint density at radius 2 is 1.72 bits per heavy atom. The quantitative estimate of drug-likeness (QED) is 0.701. The first-order valence-corrected chi connectivity index (χ1v) is 10.3. The maximum absolute atomic E-state index is 12.4. The molecule has 1 heterocycles. The molecule has 2 saturated carbocycles. The Hall–Kier alpha value is -2.60. The first-order valence-electron chi connectivity index (χ1n) is 9.93. The summed E-state index contributed by atoms with van der Waals surface area (Å²) in [5.74, 6) is -0.0275.